The third-order valence-corrected chi connectivity index (χ3v) is 4.03. The highest BCUT2D eigenvalue weighted by molar-refractivity contribution is 14.0. The van der Waals surface area contributed by atoms with E-state index in [1.54, 1.807) is 0 Å². The molecule has 0 aliphatic heterocycles. The first kappa shape index (κ1) is 19.1. The van der Waals surface area contributed by atoms with Gasteiger partial charge in [0.25, 0.3) is 0 Å². The van der Waals surface area contributed by atoms with Crippen LogP contribution in [0.2, 0.25) is 0 Å². The Morgan fingerprint density at radius 2 is 2.16 bits per heavy atom. The van der Waals surface area contributed by atoms with Crippen molar-refractivity contribution in [3.05, 3.63) is 21.9 Å². The summed E-state index contributed by atoms with van der Waals surface area (Å²) < 4.78 is 0. The van der Waals surface area contributed by atoms with Crippen molar-refractivity contribution in [1.29, 1.82) is 0 Å². The summed E-state index contributed by atoms with van der Waals surface area (Å²) in [5.41, 5.74) is 0. The number of rotatable bonds is 7. The van der Waals surface area contributed by atoms with E-state index in [2.05, 4.69) is 47.9 Å². The molecule has 0 amide bonds. The van der Waals surface area contributed by atoms with Crippen LogP contribution in [0, 0.1) is 6.92 Å². The van der Waals surface area contributed by atoms with Crippen LogP contribution in [0.15, 0.2) is 17.1 Å². The summed E-state index contributed by atoms with van der Waals surface area (Å²) in [7, 11) is 0. The first-order valence-corrected chi connectivity index (χ1v) is 8.53. The molecule has 0 radical (unpaired) electrons. The fourth-order valence-corrected chi connectivity index (χ4v) is 2.74. The van der Waals surface area contributed by atoms with Gasteiger partial charge in [-0.25, -0.2) is 4.99 Å². The Morgan fingerprint density at radius 3 is 2.74 bits per heavy atom. The zero-order chi connectivity index (χ0) is 13.2. The summed E-state index contributed by atoms with van der Waals surface area (Å²) in [4.78, 5) is 7.25. The molecule has 1 aromatic rings. The molecular formula is C13H24IN3S2. The van der Waals surface area contributed by atoms with Gasteiger partial charge < -0.3 is 10.6 Å². The largest absolute Gasteiger partial charge is 0.357 e. The standard InChI is InChI=1S/C13H23N3S2.HI/c1-4-14-13(15-8-5-9-17-3)16-10-12-7-6-11(2)18-12;/h6-7H,4-5,8-10H2,1-3H3,(H2,14,15,16);1H. The van der Waals surface area contributed by atoms with Crippen LogP contribution in [-0.2, 0) is 6.54 Å². The van der Waals surface area contributed by atoms with Gasteiger partial charge in [0.15, 0.2) is 5.96 Å². The molecule has 1 rings (SSSR count). The van der Waals surface area contributed by atoms with E-state index in [0.717, 1.165) is 25.6 Å². The summed E-state index contributed by atoms with van der Waals surface area (Å²) in [5, 5.41) is 6.64. The van der Waals surface area contributed by atoms with E-state index in [0.29, 0.717) is 0 Å². The van der Waals surface area contributed by atoms with Gasteiger partial charge in [0.1, 0.15) is 0 Å². The molecular weight excluding hydrogens is 389 g/mol. The molecule has 0 unspecified atom stereocenters. The number of nitrogens with zero attached hydrogens (tertiary/aromatic N) is 1. The highest BCUT2D eigenvalue weighted by Gasteiger charge is 1.98. The van der Waals surface area contributed by atoms with Crippen LogP contribution < -0.4 is 10.6 Å². The summed E-state index contributed by atoms with van der Waals surface area (Å²) in [6.45, 7) is 6.86. The Balaban J connectivity index is 0.00000324. The summed E-state index contributed by atoms with van der Waals surface area (Å²) in [6.07, 6.45) is 3.31. The molecule has 3 nitrogen and oxygen atoms in total. The van der Waals surface area contributed by atoms with Crippen LogP contribution in [0.25, 0.3) is 0 Å². The van der Waals surface area contributed by atoms with Gasteiger partial charge in [-0.2, -0.15) is 11.8 Å². The number of aliphatic imine (C=N–C) groups is 1. The molecule has 0 saturated heterocycles. The Bertz CT molecular complexity index is 367. The fraction of sp³-hybridized carbons (Fsp3) is 0.615. The molecule has 19 heavy (non-hydrogen) atoms. The zero-order valence-corrected chi connectivity index (χ0v) is 15.8. The van der Waals surface area contributed by atoms with Gasteiger partial charge in [-0.05, 0) is 44.4 Å². The van der Waals surface area contributed by atoms with E-state index in [-0.39, 0.29) is 24.0 Å². The number of nitrogens with one attached hydrogen (secondary N) is 2. The predicted molar refractivity (Wildman–Crippen MR) is 100 cm³/mol. The number of guanidine groups is 1. The zero-order valence-electron chi connectivity index (χ0n) is 11.9. The molecule has 6 heteroatoms. The smallest absolute Gasteiger partial charge is 0.191 e. The topological polar surface area (TPSA) is 36.4 Å². The second-order valence-corrected chi connectivity index (χ2v) is 6.34. The van der Waals surface area contributed by atoms with Crippen molar-refractivity contribution >= 4 is 53.0 Å². The monoisotopic (exact) mass is 413 g/mol. The van der Waals surface area contributed by atoms with E-state index in [1.807, 2.05) is 23.1 Å². The molecule has 0 fully saturated rings. The quantitative estimate of drug-likeness (QED) is 0.311. The van der Waals surface area contributed by atoms with Gasteiger partial charge in [0.2, 0.25) is 0 Å². The van der Waals surface area contributed by atoms with Crippen LogP contribution in [0.5, 0.6) is 0 Å². The highest BCUT2D eigenvalue weighted by atomic mass is 127. The van der Waals surface area contributed by atoms with Crippen molar-refractivity contribution in [3.8, 4) is 0 Å². The lowest BCUT2D eigenvalue weighted by atomic mass is 10.4. The molecule has 0 aromatic carbocycles. The average Bonchev–Trinajstić information content (AvgIpc) is 2.77. The van der Waals surface area contributed by atoms with Crippen LogP contribution >= 0.6 is 47.1 Å². The second-order valence-electron chi connectivity index (χ2n) is 3.98. The van der Waals surface area contributed by atoms with E-state index in [9.17, 15) is 0 Å². The number of aryl methyl sites for hydroxylation is 1. The maximum atomic E-state index is 4.59. The number of hydrogen-bond acceptors (Lipinski definition) is 3. The van der Waals surface area contributed by atoms with Gasteiger partial charge in [-0.15, -0.1) is 35.3 Å². The molecule has 0 saturated carbocycles. The maximum absolute atomic E-state index is 4.59. The number of halogens is 1. The van der Waals surface area contributed by atoms with Crippen LogP contribution in [-0.4, -0.2) is 31.1 Å². The molecule has 1 heterocycles. The van der Waals surface area contributed by atoms with Crippen LogP contribution in [0.4, 0.5) is 0 Å². The van der Waals surface area contributed by atoms with E-state index in [4.69, 9.17) is 0 Å². The molecule has 110 valence electrons. The average molecular weight is 413 g/mol. The Kier molecular flexibility index (Phi) is 11.9. The lowest BCUT2D eigenvalue weighted by Crippen LogP contribution is -2.37. The SMILES string of the molecule is CCNC(=NCc1ccc(C)s1)NCCCSC.I. The lowest BCUT2D eigenvalue weighted by molar-refractivity contribution is 0.791. The molecule has 0 spiro atoms. The number of thioether (sulfide) groups is 1. The minimum atomic E-state index is 0. The van der Waals surface area contributed by atoms with E-state index >= 15 is 0 Å². The van der Waals surface area contributed by atoms with E-state index < -0.39 is 0 Å². The summed E-state index contributed by atoms with van der Waals surface area (Å²) in [6, 6.07) is 4.30. The van der Waals surface area contributed by atoms with Crippen LogP contribution in [0.3, 0.4) is 0 Å². The minimum Gasteiger partial charge on any atom is -0.357 e. The van der Waals surface area contributed by atoms with Crippen molar-refractivity contribution < 1.29 is 0 Å². The molecule has 0 aliphatic rings. The number of thiophene rings is 1. The molecule has 2 N–H and O–H groups in total. The van der Waals surface area contributed by atoms with Crippen molar-refractivity contribution in [2.24, 2.45) is 4.99 Å². The maximum Gasteiger partial charge on any atom is 0.191 e. The van der Waals surface area contributed by atoms with Gasteiger partial charge in [0, 0.05) is 22.8 Å². The Morgan fingerprint density at radius 1 is 1.37 bits per heavy atom. The first-order valence-electron chi connectivity index (χ1n) is 6.32. The van der Waals surface area contributed by atoms with Gasteiger partial charge >= 0.3 is 0 Å². The molecule has 0 aliphatic carbocycles. The highest BCUT2D eigenvalue weighted by Crippen LogP contribution is 2.15. The third kappa shape index (κ3) is 8.75. The lowest BCUT2D eigenvalue weighted by Gasteiger charge is -2.10. The summed E-state index contributed by atoms with van der Waals surface area (Å²) >= 11 is 3.69. The van der Waals surface area contributed by atoms with Crippen molar-refractivity contribution in [3.63, 3.8) is 0 Å². The normalized spacial score (nSPS) is 11.0. The third-order valence-electron chi connectivity index (χ3n) is 2.35. The molecule has 0 bridgehead atoms. The van der Waals surface area contributed by atoms with Crippen molar-refractivity contribution in [2.45, 2.75) is 26.8 Å². The van der Waals surface area contributed by atoms with Crippen molar-refractivity contribution in [2.75, 3.05) is 25.1 Å². The predicted octanol–water partition coefficient (Wildman–Crippen LogP) is 3.48. The summed E-state index contributed by atoms with van der Waals surface area (Å²) in [5.74, 6) is 2.11. The second kappa shape index (κ2) is 11.8. The van der Waals surface area contributed by atoms with Gasteiger partial charge in [-0.3, -0.25) is 0 Å². The molecule has 1 aromatic heterocycles. The Labute approximate surface area is 142 Å². The van der Waals surface area contributed by atoms with Gasteiger partial charge in [-0.1, -0.05) is 0 Å². The van der Waals surface area contributed by atoms with Gasteiger partial charge in [0.05, 0.1) is 6.54 Å². The first-order chi connectivity index (χ1) is 8.76. The Hall–Kier alpha value is 0.0500. The minimum absolute atomic E-state index is 0. The molecule has 0 atom stereocenters. The van der Waals surface area contributed by atoms with Crippen molar-refractivity contribution in [1.82, 2.24) is 10.6 Å². The van der Waals surface area contributed by atoms with E-state index in [1.165, 1.54) is 21.9 Å². The number of hydrogen-bond donors (Lipinski definition) is 2. The van der Waals surface area contributed by atoms with Crippen LogP contribution in [0.1, 0.15) is 23.1 Å². The fourth-order valence-electron chi connectivity index (χ4n) is 1.49.